The lowest BCUT2D eigenvalue weighted by molar-refractivity contribution is 0.105. The predicted octanol–water partition coefficient (Wildman–Crippen LogP) is 3.09. The second kappa shape index (κ2) is 15.5. The second-order valence-corrected chi connectivity index (χ2v) is 6.19. The zero-order valence-electron chi connectivity index (χ0n) is 16.1. The molecular formula is C18H35IN4O2. The van der Waals surface area contributed by atoms with Gasteiger partial charge >= 0.3 is 0 Å². The van der Waals surface area contributed by atoms with Crippen molar-refractivity contribution >= 4 is 29.9 Å². The van der Waals surface area contributed by atoms with Crippen LogP contribution in [0.15, 0.2) is 27.8 Å². The molecule has 0 bridgehead atoms. The lowest BCUT2D eigenvalue weighted by Crippen LogP contribution is -2.38. The number of aliphatic imine (C=N–C) groups is 1. The van der Waals surface area contributed by atoms with Crippen LogP contribution in [0, 0.1) is 0 Å². The first kappa shape index (κ1) is 24.2. The molecule has 146 valence electrons. The summed E-state index contributed by atoms with van der Waals surface area (Å²) in [6, 6.07) is 4.40. The molecule has 0 fully saturated rings. The van der Waals surface area contributed by atoms with E-state index in [1.807, 2.05) is 12.1 Å². The van der Waals surface area contributed by atoms with E-state index in [1.54, 1.807) is 13.3 Å². The van der Waals surface area contributed by atoms with Crippen molar-refractivity contribution < 1.29 is 9.15 Å². The third-order valence-corrected chi connectivity index (χ3v) is 3.92. The summed E-state index contributed by atoms with van der Waals surface area (Å²) in [5, 5.41) is 6.66. The summed E-state index contributed by atoms with van der Waals surface area (Å²) in [4.78, 5) is 6.61. The second-order valence-electron chi connectivity index (χ2n) is 6.19. The Morgan fingerprint density at radius 2 is 1.96 bits per heavy atom. The van der Waals surface area contributed by atoms with Gasteiger partial charge in [0.1, 0.15) is 12.4 Å². The Labute approximate surface area is 169 Å². The van der Waals surface area contributed by atoms with Crippen LogP contribution in [-0.2, 0) is 11.3 Å². The van der Waals surface area contributed by atoms with Crippen molar-refractivity contribution in [1.29, 1.82) is 0 Å². The predicted molar refractivity (Wildman–Crippen MR) is 115 cm³/mol. The standard InChI is InChI=1S/C18H34N4O2.HI/c1-16(2)22(4)12-6-5-10-20-18(19-3)21-11-8-13-23-15-17-9-7-14-24-17;/h7,9,14,16H,5-6,8,10-13,15H2,1-4H3,(H2,19,20,21);1H. The molecule has 0 unspecified atom stereocenters. The number of nitrogens with one attached hydrogen (secondary N) is 2. The van der Waals surface area contributed by atoms with Gasteiger partial charge in [0.05, 0.1) is 6.26 Å². The van der Waals surface area contributed by atoms with Crippen LogP contribution in [0.4, 0.5) is 0 Å². The highest BCUT2D eigenvalue weighted by molar-refractivity contribution is 14.0. The van der Waals surface area contributed by atoms with E-state index in [1.165, 1.54) is 6.42 Å². The van der Waals surface area contributed by atoms with Crippen molar-refractivity contribution in [3.05, 3.63) is 24.2 Å². The van der Waals surface area contributed by atoms with Crippen LogP contribution >= 0.6 is 24.0 Å². The molecule has 0 amide bonds. The Morgan fingerprint density at radius 3 is 2.56 bits per heavy atom. The molecule has 0 aliphatic heterocycles. The average Bonchev–Trinajstić information content (AvgIpc) is 3.08. The number of nitrogens with zero attached hydrogens (tertiary/aromatic N) is 2. The molecular weight excluding hydrogens is 431 g/mol. The minimum absolute atomic E-state index is 0. The van der Waals surface area contributed by atoms with Crippen molar-refractivity contribution in [3.8, 4) is 0 Å². The van der Waals surface area contributed by atoms with Gasteiger partial charge in [0.2, 0.25) is 0 Å². The SMILES string of the molecule is CN=C(NCCCCN(C)C(C)C)NCCCOCc1ccco1.I. The topological polar surface area (TPSA) is 62.0 Å². The molecule has 0 saturated heterocycles. The number of halogens is 1. The molecule has 7 heteroatoms. The van der Waals surface area contributed by atoms with Crippen LogP contribution in [0.25, 0.3) is 0 Å². The van der Waals surface area contributed by atoms with Gasteiger partial charge in [-0.25, -0.2) is 0 Å². The minimum atomic E-state index is 0. The van der Waals surface area contributed by atoms with Gasteiger partial charge in [-0.3, -0.25) is 4.99 Å². The molecule has 0 aliphatic rings. The van der Waals surface area contributed by atoms with E-state index in [4.69, 9.17) is 9.15 Å². The van der Waals surface area contributed by atoms with Crippen LogP contribution in [0.3, 0.4) is 0 Å². The van der Waals surface area contributed by atoms with Gasteiger partial charge in [-0.2, -0.15) is 0 Å². The Balaban J connectivity index is 0.00000576. The zero-order chi connectivity index (χ0) is 17.6. The summed E-state index contributed by atoms with van der Waals surface area (Å²) in [6.45, 7) is 8.61. The molecule has 1 aromatic rings. The molecule has 6 nitrogen and oxygen atoms in total. The summed E-state index contributed by atoms with van der Waals surface area (Å²) < 4.78 is 10.8. The number of ether oxygens (including phenoxy) is 1. The van der Waals surface area contributed by atoms with Crippen LogP contribution in [0.1, 0.15) is 38.9 Å². The summed E-state index contributed by atoms with van der Waals surface area (Å²) in [5.74, 6) is 1.72. The van der Waals surface area contributed by atoms with E-state index in [2.05, 4.69) is 41.4 Å². The third kappa shape index (κ3) is 12.2. The number of furan rings is 1. The number of unbranched alkanes of at least 4 members (excludes halogenated alkanes) is 1. The molecule has 0 aromatic carbocycles. The van der Waals surface area contributed by atoms with E-state index < -0.39 is 0 Å². The van der Waals surface area contributed by atoms with Crippen molar-refractivity contribution in [2.24, 2.45) is 4.99 Å². The number of hydrogen-bond donors (Lipinski definition) is 2. The maximum atomic E-state index is 5.55. The monoisotopic (exact) mass is 466 g/mol. The lowest BCUT2D eigenvalue weighted by Gasteiger charge is -2.20. The average molecular weight is 466 g/mol. The van der Waals surface area contributed by atoms with Crippen molar-refractivity contribution in [1.82, 2.24) is 15.5 Å². The molecule has 0 spiro atoms. The maximum absolute atomic E-state index is 5.55. The quantitative estimate of drug-likeness (QED) is 0.215. The molecule has 25 heavy (non-hydrogen) atoms. The van der Waals surface area contributed by atoms with E-state index in [0.29, 0.717) is 19.3 Å². The minimum Gasteiger partial charge on any atom is -0.467 e. The molecule has 0 radical (unpaired) electrons. The van der Waals surface area contributed by atoms with Crippen molar-refractivity contribution in [3.63, 3.8) is 0 Å². The first-order valence-corrected chi connectivity index (χ1v) is 8.88. The maximum Gasteiger partial charge on any atom is 0.190 e. The van der Waals surface area contributed by atoms with Gasteiger partial charge in [-0.05, 0) is 58.8 Å². The highest BCUT2D eigenvalue weighted by atomic mass is 127. The molecule has 0 aliphatic carbocycles. The molecule has 2 N–H and O–H groups in total. The fourth-order valence-electron chi connectivity index (χ4n) is 2.12. The largest absolute Gasteiger partial charge is 0.467 e. The summed E-state index contributed by atoms with van der Waals surface area (Å²) in [6.07, 6.45) is 4.93. The highest BCUT2D eigenvalue weighted by Crippen LogP contribution is 2.01. The van der Waals surface area contributed by atoms with Gasteiger partial charge in [-0.1, -0.05) is 0 Å². The first-order valence-electron chi connectivity index (χ1n) is 8.88. The molecule has 1 aromatic heterocycles. The normalized spacial score (nSPS) is 11.7. The molecule has 0 saturated carbocycles. The number of rotatable bonds is 12. The van der Waals surface area contributed by atoms with Crippen LogP contribution in [0.2, 0.25) is 0 Å². The van der Waals surface area contributed by atoms with Gasteiger partial charge in [0.15, 0.2) is 5.96 Å². The van der Waals surface area contributed by atoms with Crippen LogP contribution in [-0.4, -0.2) is 57.2 Å². The van der Waals surface area contributed by atoms with E-state index >= 15 is 0 Å². The Hall–Kier alpha value is -0.800. The molecule has 1 rings (SSSR count). The van der Waals surface area contributed by atoms with Crippen LogP contribution < -0.4 is 10.6 Å². The summed E-state index contributed by atoms with van der Waals surface area (Å²) in [5.41, 5.74) is 0. The Kier molecular flexibility index (Phi) is 15.0. The molecule has 1 heterocycles. The molecule has 0 atom stereocenters. The van der Waals surface area contributed by atoms with Gasteiger partial charge in [-0.15, -0.1) is 24.0 Å². The smallest absolute Gasteiger partial charge is 0.190 e. The fraction of sp³-hybridized carbons (Fsp3) is 0.722. The summed E-state index contributed by atoms with van der Waals surface area (Å²) in [7, 11) is 3.97. The van der Waals surface area contributed by atoms with E-state index in [-0.39, 0.29) is 24.0 Å². The van der Waals surface area contributed by atoms with Crippen molar-refractivity contribution in [2.75, 3.05) is 40.3 Å². The Bertz CT molecular complexity index is 438. The van der Waals surface area contributed by atoms with Gasteiger partial charge in [0.25, 0.3) is 0 Å². The highest BCUT2D eigenvalue weighted by Gasteiger charge is 2.02. The van der Waals surface area contributed by atoms with E-state index in [0.717, 1.165) is 44.2 Å². The third-order valence-electron chi connectivity index (χ3n) is 3.92. The Morgan fingerprint density at radius 1 is 1.24 bits per heavy atom. The number of hydrogen-bond acceptors (Lipinski definition) is 4. The van der Waals surface area contributed by atoms with Gasteiger partial charge in [0, 0.05) is 32.8 Å². The first-order chi connectivity index (χ1) is 11.6. The van der Waals surface area contributed by atoms with Gasteiger partial charge < -0.3 is 24.7 Å². The zero-order valence-corrected chi connectivity index (χ0v) is 18.4. The lowest BCUT2D eigenvalue weighted by atomic mass is 10.2. The summed E-state index contributed by atoms with van der Waals surface area (Å²) >= 11 is 0. The number of guanidine groups is 1. The fourth-order valence-corrected chi connectivity index (χ4v) is 2.12. The van der Waals surface area contributed by atoms with Crippen molar-refractivity contribution in [2.45, 2.75) is 45.8 Å². The van der Waals surface area contributed by atoms with Crippen LogP contribution in [0.5, 0.6) is 0 Å². The van der Waals surface area contributed by atoms with E-state index in [9.17, 15) is 0 Å².